The molecule has 0 bridgehead atoms. The lowest BCUT2D eigenvalue weighted by molar-refractivity contribution is 0.485. The summed E-state index contributed by atoms with van der Waals surface area (Å²) < 4.78 is 2.32. The first kappa shape index (κ1) is 23.3. The number of aromatic amines is 1. The summed E-state index contributed by atoms with van der Waals surface area (Å²) in [5, 5.41) is 10.8. The molecule has 3 aromatic heterocycles. The predicted octanol–water partition coefficient (Wildman–Crippen LogP) is 6.56. The molecule has 3 heterocycles. The number of fused-ring (bicyclic) bond motifs is 1. The fraction of sp³-hybridized carbons (Fsp3) is 0.462. The monoisotopic (exact) mass is 493 g/mol. The molecule has 0 atom stereocenters. The van der Waals surface area contributed by atoms with Gasteiger partial charge in [-0.25, -0.2) is 4.98 Å². The van der Waals surface area contributed by atoms with E-state index in [0.717, 1.165) is 44.7 Å². The minimum Gasteiger partial charge on any atom is -0.309 e. The van der Waals surface area contributed by atoms with Crippen LogP contribution in [0, 0.1) is 13.8 Å². The molecule has 8 heteroatoms. The van der Waals surface area contributed by atoms with Crippen LogP contribution >= 0.6 is 23.1 Å². The SMILES string of the molecule is Cc1sc2nc(CSc3nnc(-c4ccc(C(C)(C)C)cc4)n3C3CCCC3)[nH]c(=O)c2c1C. The molecule has 0 saturated heterocycles. The molecular formula is C26H31N5OS2. The normalized spacial score (nSPS) is 15.0. The lowest BCUT2D eigenvalue weighted by Gasteiger charge is -2.20. The van der Waals surface area contributed by atoms with Crippen LogP contribution in [0.2, 0.25) is 0 Å². The van der Waals surface area contributed by atoms with Crippen molar-refractivity contribution in [3.8, 4) is 11.4 Å². The maximum atomic E-state index is 12.7. The van der Waals surface area contributed by atoms with Crippen LogP contribution < -0.4 is 5.56 Å². The number of aryl methyl sites for hydroxylation is 2. The van der Waals surface area contributed by atoms with E-state index in [-0.39, 0.29) is 11.0 Å². The van der Waals surface area contributed by atoms with Crippen LogP contribution in [-0.2, 0) is 11.2 Å². The van der Waals surface area contributed by atoms with Gasteiger partial charge in [0, 0.05) is 16.5 Å². The van der Waals surface area contributed by atoms with Crippen LogP contribution in [0.25, 0.3) is 21.6 Å². The van der Waals surface area contributed by atoms with Crippen LogP contribution in [0.3, 0.4) is 0 Å². The number of hydrogen-bond donors (Lipinski definition) is 1. The first-order valence-corrected chi connectivity index (χ1v) is 13.7. The highest BCUT2D eigenvalue weighted by Gasteiger charge is 2.25. The van der Waals surface area contributed by atoms with Gasteiger partial charge in [-0.15, -0.1) is 21.5 Å². The number of H-pyrrole nitrogens is 1. The van der Waals surface area contributed by atoms with Crippen molar-refractivity contribution >= 4 is 33.3 Å². The van der Waals surface area contributed by atoms with Crippen LogP contribution in [0.5, 0.6) is 0 Å². The average molecular weight is 494 g/mol. The summed E-state index contributed by atoms with van der Waals surface area (Å²) in [6.45, 7) is 10.7. The van der Waals surface area contributed by atoms with Gasteiger partial charge in [0.1, 0.15) is 10.7 Å². The van der Waals surface area contributed by atoms with E-state index in [1.165, 1.54) is 18.4 Å². The van der Waals surface area contributed by atoms with Gasteiger partial charge in [0.05, 0.1) is 11.1 Å². The van der Waals surface area contributed by atoms with Crippen molar-refractivity contribution in [3.63, 3.8) is 0 Å². The van der Waals surface area contributed by atoms with Crippen LogP contribution in [0.1, 0.15) is 74.3 Å². The fourth-order valence-electron chi connectivity index (χ4n) is 4.68. The highest BCUT2D eigenvalue weighted by molar-refractivity contribution is 7.98. The first-order valence-electron chi connectivity index (χ1n) is 11.9. The van der Waals surface area contributed by atoms with Gasteiger partial charge < -0.3 is 4.98 Å². The minimum atomic E-state index is -0.0562. The third-order valence-electron chi connectivity index (χ3n) is 6.79. The summed E-state index contributed by atoms with van der Waals surface area (Å²) >= 11 is 3.18. The topological polar surface area (TPSA) is 76.5 Å². The average Bonchev–Trinajstić information content (AvgIpc) is 3.51. The molecule has 0 unspecified atom stereocenters. The standard InChI is InChI=1S/C26H31N5OS2/c1-15-16(2)34-24-21(15)23(32)27-20(28-24)14-33-25-30-29-22(31(25)19-8-6-7-9-19)17-10-12-18(13-11-17)26(3,4)5/h10-13,19H,6-9,14H2,1-5H3,(H,27,28,32). The van der Waals surface area contributed by atoms with Gasteiger partial charge in [0.25, 0.3) is 5.56 Å². The van der Waals surface area contributed by atoms with E-state index in [0.29, 0.717) is 23.0 Å². The summed E-state index contributed by atoms with van der Waals surface area (Å²) in [6.07, 6.45) is 4.76. The Bertz CT molecular complexity index is 1390. The maximum Gasteiger partial charge on any atom is 0.259 e. The van der Waals surface area contributed by atoms with Gasteiger partial charge in [-0.1, -0.05) is 69.6 Å². The molecule has 178 valence electrons. The van der Waals surface area contributed by atoms with Gasteiger partial charge in [0.2, 0.25) is 0 Å². The van der Waals surface area contributed by atoms with Crippen molar-refractivity contribution in [3.05, 3.63) is 56.4 Å². The van der Waals surface area contributed by atoms with Crippen LogP contribution in [0.4, 0.5) is 0 Å². The Kier molecular flexibility index (Phi) is 6.14. The van der Waals surface area contributed by atoms with E-state index in [2.05, 4.69) is 64.8 Å². The Morgan fingerprint density at radius 2 is 1.82 bits per heavy atom. The smallest absolute Gasteiger partial charge is 0.259 e. The zero-order chi connectivity index (χ0) is 24.0. The number of hydrogen-bond acceptors (Lipinski definition) is 6. The van der Waals surface area contributed by atoms with Crippen molar-refractivity contribution in [1.29, 1.82) is 0 Å². The number of thioether (sulfide) groups is 1. The molecule has 0 aliphatic heterocycles. The number of nitrogens with one attached hydrogen (secondary N) is 1. The van der Waals surface area contributed by atoms with Gasteiger partial charge in [-0.2, -0.15) is 0 Å². The molecule has 6 nitrogen and oxygen atoms in total. The number of thiophene rings is 1. The molecule has 1 N–H and O–H groups in total. The van der Waals surface area contributed by atoms with E-state index >= 15 is 0 Å². The Morgan fingerprint density at radius 3 is 2.50 bits per heavy atom. The first-order chi connectivity index (χ1) is 16.2. The van der Waals surface area contributed by atoms with E-state index in [9.17, 15) is 4.79 Å². The third-order valence-corrected chi connectivity index (χ3v) is 8.85. The van der Waals surface area contributed by atoms with E-state index < -0.39 is 0 Å². The highest BCUT2D eigenvalue weighted by Crippen LogP contribution is 2.37. The minimum absolute atomic E-state index is 0.0562. The van der Waals surface area contributed by atoms with E-state index in [4.69, 9.17) is 4.98 Å². The Labute approximate surface area is 208 Å². The van der Waals surface area contributed by atoms with Gasteiger partial charge in [-0.3, -0.25) is 9.36 Å². The van der Waals surface area contributed by atoms with E-state index in [1.54, 1.807) is 23.1 Å². The van der Waals surface area contributed by atoms with Crippen molar-refractivity contribution in [1.82, 2.24) is 24.7 Å². The molecule has 34 heavy (non-hydrogen) atoms. The molecule has 0 radical (unpaired) electrons. The fourth-order valence-corrected chi connectivity index (χ4v) is 6.61. The third kappa shape index (κ3) is 4.33. The second-order valence-electron chi connectivity index (χ2n) is 10.2. The zero-order valence-corrected chi connectivity index (χ0v) is 22.1. The predicted molar refractivity (Wildman–Crippen MR) is 141 cm³/mol. The lowest BCUT2D eigenvalue weighted by Crippen LogP contribution is -2.12. The quantitative estimate of drug-likeness (QED) is 0.318. The van der Waals surface area contributed by atoms with E-state index in [1.807, 2.05) is 13.8 Å². The molecule has 5 rings (SSSR count). The highest BCUT2D eigenvalue weighted by atomic mass is 32.2. The van der Waals surface area contributed by atoms with Crippen molar-refractivity contribution < 1.29 is 0 Å². The van der Waals surface area contributed by atoms with Crippen molar-refractivity contribution in [2.24, 2.45) is 0 Å². The van der Waals surface area contributed by atoms with Crippen LogP contribution in [0.15, 0.2) is 34.2 Å². The van der Waals surface area contributed by atoms with Gasteiger partial charge >= 0.3 is 0 Å². The van der Waals surface area contributed by atoms with Gasteiger partial charge in [-0.05, 0) is 43.2 Å². The zero-order valence-electron chi connectivity index (χ0n) is 20.4. The summed E-state index contributed by atoms with van der Waals surface area (Å²) in [5.74, 6) is 2.16. The van der Waals surface area contributed by atoms with Crippen LogP contribution in [-0.4, -0.2) is 24.7 Å². The summed E-state index contributed by atoms with van der Waals surface area (Å²) in [5.41, 5.74) is 3.48. The lowest BCUT2D eigenvalue weighted by atomic mass is 9.86. The Hall–Kier alpha value is -2.45. The Balaban J connectivity index is 1.46. The molecule has 1 saturated carbocycles. The maximum absolute atomic E-state index is 12.7. The summed E-state index contributed by atoms with van der Waals surface area (Å²) in [4.78, 5) is 22.4. The van der Waals surface area contributed by atoms with Gasteiger partial charge in [0.15, 0.2) is 11.0 Å². The largest absolute Gasteiger partial charge is 0.309 e. The molecule has 1 fully saturated rings. The molecule has 0 spiro atoms. The second-order valence-corrected chi connectivity index (χ2v) is 12.4. The second kappa shape index (κ2) is 8.96. The molecule has 1 aromatic carbocycles. The number of aromatic nitrogens is 5. The Morgan fingerprint density at radius 1 is 1.12 bits per heavy atom. The summed E-state index contributed by atoms with van der Waals surface area (Å²) in [7, 11) is 0. The van der Waals surface area contributed by atoms with Crippen molar-refractivity contribution in [2.45, 2.75) is 82.7 Å². The number of rotatable bonds is 5. The summed E-state index contributed by atoms with van der Waals surface area (Å²) in [6, 6.07) is 9.14. The molecule has 0 amide bonds. The molecule has 1 aliphatic carbocycles. The number of nitrogens with zero attached hydrogens (tertiary/aromatic N) is 4. The molecule has 4 aromatic rings. The molecule has 1 aliphatic rings. The van der Waals surface area contributed by atoms with Crippen molar-refractivity contribution in [2.75, 3.05) is 0 Å². The number of benzene rings is 1. The molecular weight excluding hydrogens is 462 g/mol.